The van der Waals surface area contributed by atoms with Crippen molar-refractivity contribution >= 4 is 24.3 Å². The normalized spacial score (nSPS) is 21.1. The Balaban J connectivity index is 0.00000176. The van der Waals surface area contributed by atoms with Crippen LogP contribution in [0, 0.1) is 0 Å². The number of hydrogen-bond acceptors (Lipinski definition) is 3. The molecule has 5 nitrogen and oxygen atoms in total. The van der Waals surface area contributed by atoms with Crippen LogP contribution < -0.4 is 0 Å². The van der Waals surface area contributed by atoms with Crippen molar-refractivity contribution in [3.05, 3.63) is 35.4 Å². The van der Waals surface area contributed by atoms with Gasteiger partial charge in [0.1, 0.15) is 6.04 Å². The molecule has 2 aliphatic heterocycles. The highest BCUT2D eigenvalue weighted by molar-refractivity contribution is 5.85. The maximum absolute atomic E-state index is 12.4. The van der Waals surface area contributed by atoms with E-state index in [9.17, 15) is 14.7 Å². The Morgan fingerprint density at radius 3 is 2.64 bits per heavy atom. The van der Waals surface area contributed by atoms with E-state index < -0.39 is 12.0 Å². The topological polar surface area (TPSA) is 60.9 Å². The lowest BCUT2D eigenvalue weighted by molar-refractivity contribution is -0.143. The molecule has 1 saturated heterocycles. The van der Waals surface area contributed by atoms with Gasteiger partial charge < -0.3 is 10.0 Å². The maximum atomic E-state index is 12.4. The minimum absolute atomic E-state index is 0. The highest BCUT2D eigenvalue weighted by Gasteiger charge is 2.33. The Hall–Kier alpha value is -1.59. The van der Waals surface area contributed by atoms with Gasteiger partial charge in [-0.05, 0) is 36.9 Å². The molecule has 0 spiro atoms. The van der Waals surface area contributed by atoms with Gasteiger partial charge in [0.25, 0.3) is 0 Å². The average Bonchev–Trinajstić information content (AvgIpc) is 2.95. The molecule has 0 saturated carbocycles. The first kappa shape index (κ1) is 16.8. The number of benzene rings is 1. The van der Waals surface area contributed by atoms with Crippen molar-refractivity contribution in [2.75, 3.05) is 19.6 Å². The van der Waals surface area contributed by atoms with E-state index in [0.717, 1.165) is 19.4 Å². The summed E-state index contributed by atoms with van der Waals surface area (Å²) in [5.41, 5.74) is 2.51. The standard InChI is InChI=1S/C16H20N2O3.ClH/c19-15(11-17-8-3-6-14(17)16(20)21)18-9-7-12-4-1-2-5-13(12)10-18;/h1-2,4-5,14H,3,6-11H2,(H,20,21);1H. The van der Waals surface area contributed by atoms with Crippen LogP contribution in [0.4, 0.5) is 0 Å². The Morgan fingerprint density at radius 1 is 1.18 bits per heavy atom. The number of aliphatic carboxylic acids is 1. The first-order chi connectivity index (χ1) is 10.1. The Bertz CT molecular complexity index is 564. The fourth-order valence-electron chi connectivity index (χ4n) is 3.28. The predicted molar refractivity (Wildman–Crippen MR) is 85.0 cm³/mol. The molecule has 120 valence electrons. The van der Waals surface area contributed by atoms with Crippen LogP contribution >= 0.6 is 12.4 Å². The number of fused-ring (bicyclic) bond motifs is 1. The van der Waals surface area contributed by atoms with Crippen molar-refractivity contribution in [3.63, 3.8) is 0 Å². The molecular formula is C16H21ClN2O3. The number of rotatable bonds is 3. The zero-order valence-electron chi connectivity index (χ0n) is 12.4. The van der Waals surface area contributed by atoms with E-state index >= 15 is 0 Å². The summed E-state index contributed by atoms with van der Waals surface area (Å²) >= 11 is 0. The van der Waals surface area contributed by atoms with E-state index in [-0.39, 0.29) is 24.9 Å². The lowest BCUT2D eigenvalue weighted by atomic mass is 10.00. The summed E-state index contributed by atoms with van der Waals surface area (Å²) in [6, 6.07) is 7.69. The van der Waals surface area contributed by atoms with Crippen LogP contribution in [-0.4, -0.2) is 52.5 Å². The highest BCUT2D eigenvalue weighted by atomic mass is 35.5. The molecule has 1 atom stereocenters. The number of carbonyl (C=O) groups excluding carboxylic acids is 1. The van der Waals surface area contributed by atoms with Gasteiger partial charge in [0, 0.05) is 13.1 Å². The van der Waals surface area contributed by atoms with Crippen LogP contribution in [-0.2, 0) is 22.6 Å². The number of amides is 1. The lowest BCUT2D eigenvalue weighted by Gasteiger charge is -2.31. The SMILES string of the molecule is Cl.O=C(O)C1CCCN1CC(=O)N1CCc2ccccc2C1. The Kier molecular flexibility index (Phi) is 5.42. The number of carboxylic acid groups (broad SMARTS) is 1. The number of carbonyl (C=O) groups is 2. The number of nitrogens with zero attached hydrogens (tertiary/aromatic N) is 2. The third-order valence-corrected chi connectivity index (χ3v) is 4.47. The van der Waals surface area contributed by atoms with E-state index in [2.05, 4.69) is 12.1 Å². The Morgan fingerprint density at radius 2 is 1.91 bits per heavy atom. The largest absolute Gasteiger partial charge is 0.480 e. The van der Waals surface area contributed by atoms with Gasteiger partial charge in [-0.3, -0.25) is 14.5 Å². The van der Waals surface area contributed by atoms with Crippen LogP contribution in [0.2, 0.25) is 0 Å². The fourth-order valence-corrected chi connectivity index (χ4v) is 3.28. The molecule has 22 heavy (non-hydrogen) atoms. The molecule has 2 heterocycles. The molecule has 0 radical (unpaired) electrons. The molecular weight excluding hydrogens is 304 g/mol. The monoisotopic (exact) mass is 324 g/mol. The average molecular weight is 325 g/mol. The molecule has 0 aliphatic carbocycles. The zero-order chi connectivity index (χ0) is 14.8. The van der Waals surface area contributed by atoms with Crippen LogP contribution in [0.3, 0.4) is 0 Å². The van der Waals surface area contributed by atoms with E-state index in [1.807, 2.05) is 17.0 Å². The quantitative estimate of drug-likeness (QED) is 0.916. The predicted octanol–water partition coefficient (Wildman–Crippen LogP) is 1.54. The third-order valence-electron chi connectivity index (χ3n) is 4.47. The van der Waals surface area contributed by atoms with Crippen LogP contribution in [0.15, 0.2) is 24.3 Å². The molecule has 6 heteroatoms. The molecule has 3 rings (SSSR count). The summed E-state index contributed by atoms with van der Waals surface area (Å²) in [5.74, 6) is -0.776. The summed E-state index contributed by atoms with van der Waals surface area (Å²) in [4.78, 5) is 27.2. The lowest BCUT2D eigenvalue weighted by Crippen LogP contribution is -2.45. The van der Waals surface area contributed by atoms with Crippen LogP contribution in [0.25, 0.3) is 0 Å². The van der Waals surface area contributed by atoms with E-state index in [4.69, 9.17) is 0 Å². The van der Waals surface area contributed by atoms with Gasteiger partial charge in [0.05, 0.1) is 6.54 Å². The summed E-state index contributed by atoms with van der Waals surface area (Å²) in [5, 5.41) is 9.17. The number of hydrogen-bond donors (Lipinski definition) is 1. The second kappa shape index (κ2) is 7.11. The van der Waals surface area contributed by atoms with E-state index in [1.165, 1.54) is 11.1 Å². The smallest absolute Gasteiger partial charge is 0.320 e. The van der Waals surface area contributed by atoms with Crippen LogP contribution in [0.1, 0.15) is 24.0 Å². The minimum Gasteiger partial charge on any atom is -0.480 e. The molecule has 1 aromatic carbocycles. The number of halogens is 1. The first-order valence-corrected chi connectivity index (χ1v) is 7.46. The van der Waals surface area contributed by atoms with Gasteiger partial charge in [-0.15, -0.1) is 12.4 Å². The van der Waals surface area contributed by atoms with Gasteiger partial charge >= 0.3 is 5.97 Å². The molecule has 1 fully saturated rings. The van der Waals surface area contributed by atoms with E-state index in [1.54, 1.807) is 4.90 Å². The van der Waals surface area contributed by atoms with Crippen LogP contribution in [0.5, 0.6) is 0 Å². The molecule has 1 amide bonds. The maximum Gasteiger partial charge on any atom is 0.320 e. The van der Waals surface area contributed by atoms with Crippen molar-refractivity contribution in [1.82, 2.24) is 9.80 Å². The summed E-state index contributed by atoms with van der Waals surface area (Å²) in [6.07, 6.45) is 2.38. The highest BCUT2D eigenvalue weighted by Crippen LogP contribution is 2.21. The second-order valence-electron chi connectivity index (χ2n) is 5.80. The second-order valence-corrected chi connectivity index (χ2v) is 5.80. The molecule has 1 aromatic rings. The number of likely N-dealkylation sites (tertiary alicyclic amines) is 1. The Labute approximate surface area is 136 Å². The van der Waals surface area contributed by atoms with E-state index in [0.29, 0.717) is 19.5 Å². The summed E-state index contributed by atoms with van der Waals surface area (Å²) in [7, 11) is 0. The van der Waals surface area contributed by atoms with Crippen molar-refractivity contribution in [1.29, 1.82) is 0 Å². The molecule has 2 aliphatic rings. The van der Waals surface area contributed by atoms with Gasteiger partial charge in [0.15, 0.2) is 0 Å². The molecule has 0 aromatic heterocycles. The molecule has 1 unspecified atom stereocenters. The van der Waals surface area contributed by atoms with Crippen molar-refractivity contribution in [2.45, 2.75) is 31.8 Å². The first-order valence-electron chi connectivity index (χ1n) is 7.46. The van der Waals surface area contributed by atoms with Gasteiger partial charge in [-0.2, -0.15) is 0 Å². The summed E-state index contributed by atoms with van der Waals surface area (Å²) in [6.45, 7) is 2.29. The zero-order valence-corrected chi connectivity index (χ0v) is 13.2. The third kappa shape index (κ3) is 3.42. The van der Waals surface area contributed by atoms with Gasteiger partial charge in [-0.25, -0.2) is 0 Å². The number of carboxylic acids is 1. The fraction of sp³-hybridized carbons (Fsp3) is 0.500. The molecule has 1 N–H and O–H groups in total. The van der Waals surface area contributed by atoms with Gasteiger partial charge in [-0.1, -0.05) is 24.3 Å². The minimum atomic E-state index is -0.815. The van der Waals surface area contributed by atoms with Crippen molar-refractivity contribution in [2.24, 2.45) is 0 Å². The van der Waals surface area contributed by atoms with Crippen molar-refractivity contribution in [3.8, 4) is 0 Å². The summed E-state index contributed by atoms with van der Waals surface area (Å²) < 4.78 is 0. The van der Waals surface area contributed by atoms with Gasteiger partial charge in [0.2, 0.25) is 5.91 Å². The van der Waals surface area contributed by atoms with Crippen molar-refractivity contribution < 1.29 is 14.7 Å². The molecule has 0 bridgehead atoms.